The third-order valence-electron chi connectivity index (χ3n) is 4.71. The molecule has 2 bridgehead atoms. The summed E-state index contributed by atoms with van der Waals surface area (Å²) in [6, 6.07) is 11.6. The first-order valence-corrected chi connectivity index (χ1v) is 7.78. The molecule has 1 aromatic heterocycles. The van der Waals surface area contributed by atoms with Gasteiger partial charge in [0.15, 0.2) is 0 Å². The Labute approximate surface area is 126 Å². The number of piperidine rings is 1. The van der Waals surface area contributed by atoms with E-state index in [2.05, 4.69) is 52.5 Å². The van der Waals surface area contributed by atoms with Crippen molar-refractivity contribution in [2.75, 3.05) is 24.5 Å². The zero-order valence-corrected chi connectivity index (χ0v) is 12.4. The molecule has 3 nitrogen and oxygen atoms in total. The number of hydrogen-bond donors (Lipinski definition) is 1. The second-order valence-electron chi connectivity index (χ2n) is 6.41. The van der Waals surface area contributed by atoms with Crippen molar-refractivity contribution in [2.45, 2.75) is 19.4 Å². The van der Waals surface area contributed by atoms with E-state index in [1.807, 2.05) is 12.4 Å². The Balaban J connectivity index is 1.62. The van der Waals surface area contributed by atoms with E-state index in [-0.39, 0.29) is 0 Å². The molecule has 0 aliphatic carbocycles. The van der Waals surface area contributed by atoms with E-state index >= 15 is 0 Å². The number of anilines is 1. The maximum Gasteiger partial charge on any atom is 0.0559 e. The average molecular weight is 279 g/mol. The molecule has 108 valence electrons. The summed E-state index contributed by atoms with van der Waals surface area (Å²) in [7, 11) is 0. The van der Waals surface area contributed by atoms with Crippen LogP contribution in [0.3, 0.4) is 0 Å². The molecule has 1 aromatic carbocycles. The van der Waals surface area contributed by atoms with E-state index in [0.29, 0.717) is 6.04 Å². The van der Waals surface area contributed by atoms with E-state index < -0.39 is 0 Å². The monoisotopic (exact) mass is 279 g/mol. The summed E-state index contributed by atoms with van der Waals surface area (Å²) >= 11 is 0. The van der Waals surface area contributed by atoms with Crippen molar-refractivity contribution >= 4 is 5.69 Å². The maximum absolute atomic E-state index is 4.47. The highest BCUT2D eigenvalue weighted by Gasteiger charge is 2.32. The molecule has 2 aliphatic rings. The highest BCUT2D eigenvalue weighted by molar-refractivity contribution is 5.67. The Hall–Kier alpha value is -1.87. The molecule has 2 aromatic rings. The van der Waals surface area contributed by atoms with Gasteiger partial charge in [0, 0.05) is 37.4 Å². The number of hydrogen-bond acceptors (Lipinski definition) is 3. The minimum atomic E-state index is 0.659. The van der Waals surface area contributed by atoms with E-state index in [1.165, 1.54) is 35.3 Å². The fourth-order valence-corrected chi connectivity index (χ4v) is 3.55. The largest absolute Gasteiger partial charge is 0.368 e. The lowest BCUT2D eigenvalue weighted by Gasteiger charge is -2.32. The standard InChI is InChI=1S/C18H21N3/c1-13-2-4-15(5-3-13)16-7-18(10-19-9-16)21-11-14-6-17(12-21)20-8-14/h2-5,7,9-10,14,17,20H,6,8,11-12H2,1H3. The van der Waals surface area contributed by atoms with Gasteiger partial charge in [-0.2, -0.15) is 0 Å². The molecule has 0 saturated carbocycles. The Morgan fingerprint density at radius 1 is 1.10 bits per heavy atom. The van der Waals surface area contributed by atoms with Gasteiger partial charge in [-0.05, 0) is 30.9 Å². The first kappa shape index (κ1) is 12.8. The Morgan fingerprint density at radius 3 is 2.76 bits per heavy atom. The molecule has 2 atom stereocenters. The van der Waals surface area contributed by atoms with E-state index in [4.69, 9.17) is 0 Å². The lowest BCUT2D eigenvalue weighted by molar-refractivity contribution is 0.474. The van der Waals surface area contributed by atoms with Crippen LogP contribution in [0.4, 0.5) is 5.69 Å². The molecule has 4 rings (SSSR count). The molecular formula is C18H21N3. The summed E-state index contributed by atoms with van der Waals surface area (Å²) in [6.07, 6.45) is 5.30. The van der Waals surface area contributed by atoms with Crippen molar-refractivity contribution in [1.82, 2.24) is 10.3 Å². The van der Waals surface area contributed by atoms with Crippen LogP contribution >= 0.6 is 0 Å². The number of benzene rings is 1. The van der Waals surface area contributed by atoms with Gasteiger partial charge in [-0.3, -0.25) is 4.98 Å². The summed E-state index contributed by atoms with van der Waals surface area (Å²) < 4.78 is 0. The minimum Gasteiger partial charge on any atom is -0.368 e. The summed E-state index contributed by atoms with van der Waals surface area (Å²) in [4.78, 5) is 6.96. The predicted octanol–water partition coefficient (Wildman–Crippen LogP) is 2.86. The molecule has 2 unspecified atom stereocenters. The first-order valence-electron chi connectivity index (χ1n) is 7.78. The highest BCUT2D eigenvalue weighted by atomic mass is 15.2. The van der Waals surface area contributed by atoms with Crippen LogP contribution in [0.2, 0.25) is 0 Å². The first-order chi connectivity index (χ1) is 10.3. The summed E-state index contributed by atoms with van der Waals surface area (Å²) in [5, 5.41) is 3.61. The number of aromatic nitrogens is 1. The molecule has 1 N–H and O–H groups in total. The third kappa shape index (κ3) is 2.54. The van der Waals surface area contributed by atoms with Crippen LogP contribution in [0.1, 0.15) is 12.0 Å². The zero-order valence-electron chi connectivity index (χ0n) is 12.4. The number of pyridine rings is 1. The van der Waals surface area contributed by atoms with Crippen molar-refractivity contribution in [3.63, 3.8) is 0 Å². The van der Waals surface area contributed by atoms with Gasteiger partial charge in [-0.25, -0.2) is 0 Å². The number of fused-ring (bicyclic) bond motifs is 2. The quantitative estimate of drug-likeness (QED) is 0.916. The van der Waals surface area contributed by atoms with Crippen LogP contribution in [0.15, 0.2) is 42.7 Å². The number of nitrogens with one attached hydrogen (secondary N) is 1. The maximum atomic E-state index is 4.47. The summed E-state index contributed by atoms with van der Waals surface area (Å²) in [5.41, 5.74) is 5.00. The second kappa shape index (κ2) is 5.15. The smallest absolute Gasteiger partial charge is 0.0559 e. The van der Waals surface area contributed by atoms with E-state index in [9.17, 15) is 0 Å². The van der Waals surface area contributed by atoms with Crippen LogP contribution in [-0.4, -0.2) is 30.7 Å². The van der Waals surface area contributed by atoms with Crippen molar-refractivity contribution < 1.29 is 0 Å². The normalized spacial score (nSPS) is 24.3. The van der Waals surface area contributed by atoms with Gasteiger partial charge in [0.2, 0.25) is 0 Å². The highest BCUT2D eigenvalue weighted by Crippen LogP contribution is 2.29. The van der Waals surface area contributed by atoms with Gasteiger partial charge in [0.05, 0.1) is 11.9 Å². The minimum absolute atomic E-state index is 0.659. The van der Waals surface area contributed by atoms with Gasteiger partial charge in [0.25, 0.3) is 0 Å². The molecule has 0 amide bonds. The Kier molecular flexibility index (Phi) is 3.15. The van der Waals surface area contributed by atoms with E-state index in [0.717, 1.165) is 19.0 Å². The fourth-order valence-electron chi connectivity index (χ4n) is 3.55. The number of rotatable bonds is 2. The van der Waals surface area contributed by atoms with E-state index in [1.54, 1.807) is 0 Å². The van der Waals surface area contributed by atoms with Crippen LogP contribution in [0, 0.1) is 12.8 Å². The molecule has 3 heterocycles. The molecule has 2 saturated heterocycles. The SMILES string of the molecule is Cc1ccc(-c2cncc(N3CC4CNC(C4)C3)c2)cc1. The molecule has 2 aliphatic heterocycles. The fraction of sp³-hybridized carbons (Fsp3) is 0.389. The lowest BCUT2D eigenvalue weighted by atomic mass is 9.99. The molecular weight excluding hydrogens is 258 g/mol. The summed E-state index contributed by atoms with van der Waals surface area (Å²) in [6.45, 7) is 5.55. The molecule has 2 fully saturated rings. The Morgan fingerprint density at radius 2 is 1.95 bits per heavy atom. The van der Waals surface area contributed by atoms with Gasteiger partial charge >= 0.3 is 0 Å². The van der Waals surface area contributed by atoms with Crippen molar-refractivity contribution in [2.24, 2.45) is 5.92 Å². The number of nitrogens with zero attached hydrogens (tertiary/aromatic N) is 2. The zero-order chi connectivity index (χ0) is 14.2. The van der Waals surface area contributed by atoms with Crippen molar-refractivity contribution in [1.29, 1.82) is 0 Å². The number of aryl methyl sites for hydroxylation is 1. The van der Waals surface area contributed by atoms with Crippen molar-refractivity contribution in [3.05, 3.63) is 48.3 Å². The lowest BCUT2D eigenvalue weighted by Crippen LogP contribution is -2.41. The predicted molar refractivity (Wildman–Crippen MR) is 86.5 cm³/mol. The molecule has 0 spiro atoms. The van der Waals surface area contributed by atoms with Crippen molar-refractivity contribution in [3.8, 4) is 11.1 Å². The summed E-state index contributed by atoms with van der Waals surface area (Å²) in [5.74, 6) is 0.798. The third-order valence-corrected chi connectivity index (χ3v) is 4.71. The molecule has 3 heteroatoms. The average Bonchev–Trinajstić information content (AvgIpc) is 2.86. The van der Waals surface area contributed by atoms with Crippen LogP contribution < -0.4 is 10.2 Å². The van der Waals surface area contributed by atoms with Crippen LogP contribution in [0.5, 0.6) is 0 Å². The van der Waals surface area contributed by atoms with Crippen LogP contribution in [0.25, 0.3) is 11.1 Å². The Bertz CT molecular complexity index is 623. The van der Waals surface area contributed by atoms with Gasteiger partial charge in [0.1, 0.15) is 0 Å². The van der Waals surface area contributed by atoms with Gasteiger partial charge in [-0.15, -0.1) is 0 Å². The van der Waals surface area contributed by atoms with Crippen LogP contribution in [-0.2, 0) is 0 Å². The second-order valence-corrected chi connectivity index (χ2v) is 6.41. The van der Waals surface area contributed by atoms with Gasteiger partial charge < -0.3 is 10.2 Å². The van der Waals surface area contributed by atoms with Gasteiger partial charge in [-0.1, -0.05) is 29.8 Å². The molecule has 0 radical (unpaired) electrons. The molecule has 21 heavy (non-hydrogen) atoms. The topological polar surface area (TPSA) is 28.2 Å².